The number of hydrogen-bond acceptors (Lipinski definition) is 4. The first kappa shape index (κ1) is 15.7. The van der Waals surface area contributed by atoms with E-state index in [1.54, 1.807) is 31.2 Å². The number of benzene rings is 2. The SMILES string of the molecule is COC(=O)c1cccc(NC(=O)c2ccc3ccccc3n2)c1C. The second-order valence-electron chi connectivity index (χ2n) is 5.31. The molecule has 0 aliphatic carbocycles. The van der Waals surface area contributed by atoms with Gasteiger partial charge in [-0.1, -0.05) is 30.3 Å². The minimum Gasteiger partial charge on any atom is -0.465 e. The van der Waals surface area contributed by atoms with Crippen LogP contribution in [0.4, 0.5) is 5.69 Å². The summed E-state index contributed by atoms with van der Waals surface area (Å²) in [6.45, 7) is 1.76. The lowest BCUT2D eigenvalue weighted by Gasteiger charge is -2.11. The molecule has 0 aliphatic heterocycles. The number of rotatable bonds is 3. The highest BCUT2D eigenvalue weighted by Crippen LogP contribution is 2.21. The molecule has 120 valence electrons. The number of nitrogens with zero attached hydrogens (tertiary/aromatic N) is 1. The fraction of sp³-hybridized carbons (Fsp3) is 0.105. The third kappa shape index (κ3) is 2.96. The summed E-state index contributed by atoms with van der Waals surface area (Å²) in [5.74, 6) is -0.765. The van der Waals surface area contributed by atoms with E-state index in [1.165, 1.54) is 7.11 Å². The summed E-state index contributed by atoms with van der Waals surface area (Å²) < 4.78 is 4.75. The second-order valence-corrected chi connectivity index (χ2v) is 5.31. The average molecular weight is 320 g/mol. The van der Waals surface area contributed by atoms with E-state index in [1.807, 2.05) is 30.3 Å². The Morgan fingerprint density at radius 3 is 2.58 bits per heavy atom. The lowest BCUT2D eigenvalue weighted by molar-refractivity contribution is 0.0599. The quantitative estimate of drug-likeness (QED) is 0.749. The van der Waals surface area contributed by atoms with Crippen molar-refractivity contribution in [2.45, 2.75) is 6.92 Å². The molecule has 0 bridgehead atoms. The Morgan fingerprint density at radius 2 is 1.79 bits per heavy atom. The summed E-state index contributed by atoms with van der Waals surface area (Å²) >= 11 is 0. The predicted molar refractivity (Wildman–Crippen MR) is 92.2 cm³/mol. The highest BCUT2D eigenvalue weighted by Gasteiger charge is 2.15. The molecule has 0 atom stereocenters. The first-order valence-corrected chi connectivity index (χ1v) is 7.45. The van der Waals surface area contributed by atoms with Gasteiger partial charge >= 0.3 is 5.97 Å². The topological polar surface area (TPSA) is 68.3 Å². The fourth-order valence-corrected chi connectivity index (χ4v) is 2.48. The van der Waals surface area contributed by atoms with Crippen LogP contribution in [0.25, 0.3) is 10.9 Å². The van der Waals surface area contributed by atoms with Gasteiger partial charge in [-0.3, -0.25) is 4.79 Å². The molecule has 1 aromatic heterocycles. The second kappa shape index (κ2) is 6.50. The molecule has 0 spiro atoms. The summed E-state index contributed by atoms with van der Waals surface area (Å²) in [5, 5.41) is 3.77. The molecule has 5 heteroatoms. The van der Waals surface area contributed by atoms with Crippen molar-refractivity contribution in [2.75, 3.05) is 12.4 Å². The molecule has 3 aromatic rings. The Labute approximate surface area is 139 Å². The van der Waals surface area contributed by atoms with Gasteiger partial charge in [0.05, 0.1) is 18.2 Å². The number of carbonyl (C=O) groups is 2. The van der Waals surface area contributed by atoms with Crippen LogP contribution in [0.3, 0.4) is 0 Å². The summed E-state index contributed by atoms with van der Waals surface area (Å²) in [5.41, 5.74) is 2.69. The molecule has 0 unspecified atom stereocenters. The molecule has 0 radical (unpaired) electrons. The normalized spacial score (nSPS) is 10.4. The monoisotopic (exact) mass is 320 g/mol. The van der Waals surface area contributed by atoms with Crippen molar-refractivity contribution >= 4 is 28.5 Å². The van der Waals surface area contributed by atoms with Crippen LogP contribution in [-0.4, -0.2) is 24.0 Å². The van der Waals surface area contributed by atoms with Gasteiger partial charge in [0.1, 0.15) is 5.69 Å². The van der Waals surface area contributed by atoms with E-state index >= 15 is 0 Å². The molecule has 1 heterocycles. The van der Waals surface area contributed by atoms with Crippen molar-refractivity contribution in [3.63, 3.8) is 0 Å². The first-order valence-electron chi connectivity index (χ1n) is 7.45. The van der Waals surface area contributed by atoms with Crippen molar-refractivity contribution in [3.8, 4) is 0 Å². The smallest absolute Gasteiger partial charge is 0.338 e. The Hall–Kier alpha value is -3.21. The molecule has 0 fully saturated rings. The standard InChI is InChI=1S/C19H16N2O3/c1-12-14(19(23)24-2)7-5-9-15(12)21-18(22)17-11-10-13-6-3-4-8-16(13)20-17/h3-11H,1-2H3,(H,21,22). The lowest BCUT2D eigenvalue weighted by atomic mass is 10.1. The van der Waals surface area contributed by atoms with Gasteiger partial charge in [-0.05, 0) is 36.8 Å². The molecule has 5 nitrogen and oxygen atoms in total. The van der Waals surface area contributed by atoms with Crippen molar-refractivity contribution in [2.24, 2.45) is 0 Å². The number of methoxy groups -OCH3 is 1. The van der Waals surface area contributed by atoms with Gasteiger partial charge in [-0.25, -0.2) is 9.78 Å². The van der Waals surface area contributed by atoms with Crippen LogP contribution in [0.2, 0.25) is 0 Å². The van der Waals surface area contributed by atoms with Crippen molar-refractivity contribution in [1.29, 1.82) is 0 Å². The van der Waals surface area contributed by atoms with Crippen LogP contribution >= 0.6 is 0 Å². The number of esters is 1. The lowest BCUT2D eigenvalue weighted by Crippen LogP contribution is -2.15. The van der Waals surface area contributed by atoms with Crippen LogP contribution in [0.1, 0.15) is 26.4 Å². The third-order valence-corrected chi connectivity index (χ3v) is 3.82. The molecular weight excluding hydrogens is 304 g/mol. The Balaban J connectivity index is 1.90. The van der Waals surface area contributed by atoms with Crippen LogP contribution in [0.5, 0.6) is 0 Å². The summed E-state index contributed by atoms with van der Waals surface area (Å²) in [7, 11) is 1.33. The molecule has 0 saturated heterocycles. The Bertz CT molecular complexity index is 935. The number of pyridine rings is 1. The van der Waals surface area contributed by atoms with Crippen molar-refractivity contribution < 1.29 is 14.3 Å². The van der Waals surface area contributed by atoms with Gasteiger partial charge in [0.15, 0.2) is 0 Å². The van der Waals surface area contributed by atoms with Gasteiger partial charge < -0.3 is 10.1 Å². The fourth-order valence-electron chi connectivity index (χ4n) is 2.48. The molecule has 2 aromatic carbocycles. The van der Waals surface area contributed by atoms with E-state index in [0.29, 0.717) is 22.5 Å². The van der Waals surface area contributed by atoms with Crippen LogP contribution < -0.4 is 5.32 Å². The molecule has 24 heavy (non-hydrogen) atoms. The van der Waals surface area contributed by atoms with E-state index in [0.717, 1.165) is 10.9 Å². The average Bonchev–Trinajstić information content (AvgIpc) is 2.62. The maximum absolute atomic E-state index is 12.5. The summed E-state index contributed by atoms with van der Waals surface area (Å²) in [6.07, 6.45) is 0. The van der Waals surface area contributed by atoms with Crippen molar-refractivity contribution in [3.05, 3.63) is 71.4 Å². The van der Waals surface area contributed by atoms with Crippen molar-refractivity contribution in [1.82, 2.24) is 4.98 Å². The molecule has 0 aliphatic rings. The van der Waals surface area contributed by atoms with E-state index in [-0.39, 0.29) is 5.91 Å². The van der Waals surface area contributed by atoms with Crippen LogP contribution in [0, 0.1) is 6.92 Å². The number of carbonyl (C=O) groups excluding carboxylic acids is 2. The number of fused-ring (bicyclic) bond motifs is 1. The largest absolute Gasteiger partial charge is 0.465 e. The van der Waals surface area contributed by atoms with E-state index in [9.17, 15) is 9.59 Å². The highest BCUT2D eigenvalue weighted by atomic mass is 16.5. The zero-order valence-electron chi connectivity index (χ0n) is 13.4. The summed E-state index contributed by atoms with van der Waals surface area (Å²) in [4.78, 5) is 28.6. The number of ether oxygens (including phenoxy) is 1. The van der Waals surface area contributed by atoms with Gasteiger partial charge in [-0.15, -0.1) is 0 Å². The molecule has 1 N–H and O–H groups in total. The van der Waals surface area contributed by atoms with Crippen LogP contribution in [0.15, 0.2) is 54.6 Å². The number of para-hydroxylation sites is 1. The first-order chi connectivity index (χ1) is 11.6. The maximum Gasteiger partial charge on any atom is 0.338 e. The van der Waals surface area contributed by atoms with E-state index < -0.39 is 5.97 Å². The molecule has 0 saturated carbocycles. The summed E-state index contributed by atoms with van der Waals surface area (Å²) in [6, 6.07) is 16.2. The Kier molecular flexibility index (Phi) is 4.24. The predicted octanol–water partition coefficient (Wildman–Crippen LogP) is 3.58. The highest BCUT2D eigenvalue weighted by molar-refractivity contribution is 6.05. The van der Waals surface area contributed by atoms with Crippen LogP contribution in [-0.2, 0) is 4.74 Å². The number of hydrogen-bond donors (Lipinski definition) is 1. The zero-order chi connectivity index (χ0) is 17.1. The zero-order valence-corrected chi connectivity index (χ0v) is 13.4. The Morgan fingerprint density at radius 1 is 1.00 bits per heavy atom. The minimum atomic E-state index is -0.438. The minimum absolute atomic E-state index is 0.316. The number of nitrogens with one attached hydrogen (secondary N) is 1. The maximum atomic E-state index is 12.5. The van der Waals surface area contributed by atoms with Gasteiger partial charge in [0, 0.05) is 11.1 Å². The van der Waals surface area contributed by atoms with Gasteiger partial charge in [-0.2, -0.15) is 0 Å². The molecular formula is C19H16N2O3. The van der Waals surface area contributed by atoms with E-state index in [4.69, 9.17) is 4.74 Å². The number of anilines is 1. The molecule has 1 amide bonds. The van der Waals surface area contributed by atoms with Gasteiger partial charge in [0.2, 0.25) is 0 Å². The number of amides is 1. The third-order valence-electron chi connectivity index (χ3n) is 3.82. The molecule has 3 rings (SSSR count). The van der Waals surface area contributed by atoms with Gasteiger partial charge in [0.25, 0.3) is 5.91 Å². The van der Waals surface area contributed by atoms with E-state index in [2.05, 4.69) is 10.3 Å². The number of aromatic nitrogens is 1.